The molecule has 0 saturated carbocycles. The summed E-state index contributed by atoms with van der Waals surface area (Å²) < 4.78 is 17.2. The van der Waals surface area contributed by atoms with Crippen LogP contribution in [0.15, 0.2) is 78.9 Å². The fraction of sp³-hybridized carbons (Fsp3) is 0.457. The molecule has 5 heteroatoms. The number of hydrogen-bond donors (Lipinski definition) is 0. The first kappa shape index (κ1) is 39.0. The normalized spacial score (nSPS) is 14.2. The number of benzene rings is 3. The molecule has 2 heterocycles. The van der Waals surface area contributed by atoms with Crippen LogP contribution in [0.1, 0.15) is 129 Å². The molecule has 0 bridgehead atoms. The summed E-state index contributed by atoms with van der Waals surface area (Å²) in [5, 5.41) is 2.67. The quantitative estimate of drug-likeness (QED) is 0.0456. The van der Waals surface area contributed by atoms with Gasteiger partial charge in [0.1, 0.15) is 6.10 Å². The molecule has 0 N–H and O–H groups in total. The van der Waals surface area contributed by atoms with Crippen molar-refractivity contribution in [2.45, 2.75) is 124 Å². The number of hydrogen-bond acceptors (Lipinski definition) is 5. The molecule has 0 spiro atoms. The van der Waals surface area contributed by atoms with Crippen molar-refractivity contribution in [2.24, 2.45) is 5.92 Å². The van der Waals surface area contributed by atoms with Gasteiger partial charge in [-0.25, -0.2) is 0 Å². The number of carbonyl (C=O) groups is 1. The molecule has 3 nitrogen and oxygen atoms in total. The maximum absolute atomic E-state index is 13.3. The topological polar surface area (TPSA) is 35.5 Å². The molecule has 3 aromatic carbocycles. The lowest BCUT2D eigenvalue weighted by atomic mass is 9.95. The number of ether oxygens (including phenoxy) is 2. The average molecular weight is 723 g/mol. The molecule has 5 rings (SSSR count). The van der Waals surface area contributed by atoms with E-state index >= 15 is 0 Å². The van der Waals surface area contributed by atoms with Gasteiger partial charge >= 0.3 is 5.97 Å². The van der Waals surface area contributed by atoms with Gasteiger partial charge in [-0.2, -0.15) is 0 Å². The van der Waals surface area contributed by atoms with Crippen molar-refractivity contribution in [3.63, 3.8) is 0 Å². The molecular formula is C46H58O3S2. The van der Waals surface area contributed by atoms with E-state index in [0.717, 1.165) is 63.4 Å². The molecule has 0 amide bonds. The van der Waals surface area contributed by atoms with Gasteiger partial charge in [0.25, 0.3) is 0 Å². The molecule has 0 fully saturated rings. The molecule has 3 atom stereocenters. The van der Waals surface area contributed by atoms with E-state index in [-0.39, 0.29) is 24.1 Å². The molecule has 0 aliphatic rings. The second-order valence-corrected chi connectivity index (χ2v) is 16.0. The van der Waals surface area contributed by atoms with E-state index in [4.69, 9.17) is 9.47 Å². The van der Waals surface area contributed by atoms with Gasteiger partial charge in [-0.05, 0) is 78.5 Å². The molecule has 51 heavy (non-hydrogen) atoms. The number of esters is 1. The zero-order valence-corrected chi connectivity index (χ0v) is 33.4. The Kier molecular flexibility index (Phi) is 14.9. The summed E-state index contributed by atoms with van der Waals surface area (Å²) in [6.07, 6.45) is 19.4. The first-order valence-electron chi connectivity index (χ1n) is 19.5. The van der Waals surface area contributed by atoms with Crippen molar-refractivity contribution < 1.29 is 14.3 Å². The Balaban J connectivity index is 1.32. The fourth-order valence-electron chi connectivity index (χ4n) is 7.06. The minimum Gasteiger partial charge on any atom is -0.457 e. The van der Waals surface area contributed by atoms with Crippen LogP contribution in [-0.4, -0.2) is 19.2 Å². The molecular weight excluding hydrogens is 665 g/mol. The maximum atomic E-state index is 13.3. The van der Waals surface area contributed by atoms with Gasteiger partial charge in [0.15, 0.2) is 0 Å². The highest BCUT2D eigenvalue weighted by molar-refractivity contribution is 7.36. The highest BCUT2D eigenvalue weighted by atomic mass is 32.1. The van der Waals surface area contributed by atoms with Crippen LogP contribution in [0.2, 0.25) is 0 Å². The summed E-state index contributed by atoms with van der Waals surface area (Å²) in [7, 11) is 1.80. The van der Waals surface area contributed by atoms with E-state index in [9.17, 15) is 4.79 Å². The fourth-order valence-corrected chi connectivity index (χ4v) is 9.79. The first-order valence-corrected chi connectivity index (χ1v) is 21.2. The van der Waals surface area contributed by atoms with Gasteiger partial charge in [0.2, 0.25) is 0 Å². The minimum absolute atomic E-state index is 0.0130. The Morgan fingerprint density at radius 1 is 0.745 bits per heavy atom. The van der Waals surface area contributed by atoms with Gasteiger partial charge < -0.3 is 9.47 Å². The lowest BCUT2D eigenvalue weighted by Crippen LogP contribution is -2.20. The molecule has 5 aromatic rings. The second kappa shape index (κ2) is 19.5. The monoisotopic (exact) mass is 722 g/mol. The average Bonchev–Trinajstić information content (AvgIpc) is 3.70. The van der Waals surface area contributed by atoms with Crippen LogP contribution in [0.25, 0.3) is 46.3 Å². The van der Waals surface area contributed by atoms with E-state index in [0.29, 0.717) is 0 Å². The third kappa shape index (κ3) is 9.80. The van der Waals surface area contributed by atoms with Crippen LogP contribution in [0.4, 0.5) is 0 Å². The second-order valence-electron chi connectivity index (χ2n) is 13.9. The van der Waals surface area contributed by atoms with E-state index in [1.807, 2.05) is 22.7 Å². The number of rotatable bonds is 20. The van der Waals surface area contributed by atoms with Crippen LogP contribution >= 0.6 is 22.7 Å². The molecule has 0 aliphatic heterocycles. The Hall–Kier alpha value is -3.25. The van der Waals surface area contributed by atoms with E-state index in [1.54, 1.807) is 7.11 Å². The van der Waals surface area contributed by atoms with Crippen molar-refractivity contribution in [1.82, 2.24) is 0 Å². The minimum atomic E-state index is -0.208. The smallest absolute Gasteiger partial charge is 0.309 e. The van der Waals surface area contributed by atoms with Crippen molar-refractivity contribution in [2.75, 3.05) is 7.11 Å². The van der Waals surface area contributed by atoms with Crippen LogP contribution in [-0.2, 0) is 14.3 Å². The lowest BCUT2D eigenvalue weighted by Gasteiger charge is -2.22. The predicted octanol–water partition coefficient (Wildman–Crippen LogP) is 14.9. The summed E-state index contributed by atoms with van der Waals surface area (Å²) in [4.78, 5) is 13.3. The molecule has 2 aromatic heterocycles. The molecule has 3 unspecified atom stereocenters. The third-order valence-electron chi connectivity index (χ3n) is 10.2. The van der Waals surface area contributed by atoms with Crippen molar-refractivity contribution in [1.29, 1.82) is 0 Å². The molecule has 0 aliphatic carbocycles. The summed E-state index contributed by atoms with van der Waals surface area (Å²) in [6, 6.07) is 22.5. The summed E-state index contributed by atoms with van der Waals surface area (Å²) in [5.41, 5.74) is 6.02. The zero-order valence-electron chi connectivity index (χ0n) is 31.8. The van der Waals surface area contributed by atoms with Crippen molar-refractivity contribution in [3.8, 4) is 11.1 Å². The van der Waals surface area contributed by atoms with Crippen LogP contribution in [0.3, 0.4) is 0 Å². The third-order valence-corrected chi connectivity index (χ3v) is 12.7. The number of unbranched alkanes of at least 4 members (excludes halogenated alkanes) is 4. The zero-order chi connectivity index (χ0) is 36.2. The predicted molar refractivity (Wildman–Crippen MR) is 224 cm³/mol. The Bertz CT molecular complexity index is 1900. The van der Waals surface area contributed by atoms with Gasteiger partial charge in [-0.3, -0.25) is 4.79 Å². The van der Waals surface area contributed by atoms with Crippen LogP contribution in [0.5, 0.6) is 0 Å². The SMILES string of the molecule is CC/C=C(\C=C/CC(CC)OC)c1ccc2c(c1)sc1c3ccc(-c4ccc(C(CC)OC(=O)C(CCCC)CCCCCC)cc4)cc3sc21. The largest absolute Gasteiger partial charge is 0.457 e. The number of methoxy groups -OCH3 is 1. The Labute approximate surface area is 314 Å². The van der Waals surface area contributed by atoms with Gasteiger partial charge in [0.05, 0.1) is 21.4 Å². The van der Waals surface area contributed by atoms with Crippen molar-refractivity contribution in [3.05, 3.63) is 90.0 Å². The van der Waals surface area contributed by atoms with E-state index in [2.05, 4.69) is 114 Å². The van der Waals surface area contributed by atoms with Gasteiger partial charge in [-0.15, -0.1) is 22.7 Å². The number of fused-ring (bicyclic) bond motifs is 5. The highest BCUT2D eigenvalue weighted by Crippen LogP contribution is 2.45. The molecule has 272 valence electrons. The van der Waals surface area contributed by atoms with Crippen LogP contribution in [0, 0.1) is 5.92 Å². The Morgan fingerprint density at radius 3 is 2.06 bits per heavy atom. The van der Waals surface area contributed by atoms with E-state index < -0.39 is 0 Å². The van der Waals surface area contributed by atoms with Crippen LogP contribution < -0.4 is 0 Å². The summed E-state index contributed by atoms with van der Waals surface area (Å²) in [6.45, 7) is 10.9. The number of allylic oxidation sites excluding steroid dienone is 3. The number of carbonyl (C=O) groups excluding carboxylic acids is 1. The molecule has 0 radical (unpaired) electrons. The number of thiophene rings is 2. The molecule has 0 saturated heterocycles. The highest BCUT2D eigenvalue weighted by Gasteiger charge is 2.23. The van der Waals surface area contributed by atoms with Gasteiger partial charge in [-0.1, -0.05) is 140 Å². The standard InChI is InChI=1S/C46H58O3S2/c1-7-12-14-15-19-35(18-13-8-2)46(47)49-41(11-5)34-24-22-33(23-25-34)37-27-29-40-43(31-37)51-44-39-28-26-36(30-42(39)50-45(40)44)32(17-9-3)20-16-21-38(10-4)48-6/h16-17,20,22-31,35,38,41H,7-15,18-19,21H2,1-6H3/b20-16-,32-17+. The van der Waals surface area contributed by atoms with Gasteiger partial charge in [0, 0.05) is 27.3 Å². The summed E-state index contributed by atoms with van der Waals surface area (Å²) >= 11 is 3.81. The summed E-state index contributed by atoms with van der Waals surface area (Å²) in [5.74, 6) is -0.000480. The Morgan fingerprint density at radius 2 is 1.41 bits per heavy atom. The maximum Gasteiger partial charge on any atom is 0.309 e. The lowest BCUT2D eigenvalue weighted by molar-refractivity contribution is -0.155. The first-order chi connectivity index (χ1) is 24.9. The van der Waals surface area contributed by atoms with E-state index in [1.165, 1.54) is 71.1 Å². The van der Waals surface area contributed by atoms with Crippen molar-refractivity contribution >= 4 is 63.8 Å².